The lowest BCUT2D eigenvalue weighted by Crippen LogP contribution is -2.46. The molecule has 0 saturated carbocycles. The number of aliphatic imine (C=N–C) groups is 1. The number of hydrogen-bond donors (Lipinski definition) is 2. The van der Waals surface area contributed by atoms with Crippen LogP contribution in [0.1, 0.15) is 6.42 Å². The van der Waals surface area contributed by atoms with E-state index in [-0.39, 0.29) is 0 Å². The van der Waals surface area contributed by atoms with E-state index in [4.69, 9.17) is 5.73 Å². The molecular weight excluding hydrogens is 152 g/mol. The average Bonchev–Trinajstić information content (AvgIpc) is 2.14. The van der Waals surface area contributed by atoms with E-state index in [2.05, 4.69) is 15.6 Å². The summed E-state index contributed by atoms with van der Waals surface area (Å²) in [6, 6.07) is 0.358. The minimum absolute atomic E-state index is 0.358. The Morgan fingerprint density at radius 2 is 2.58 bits per heavy atom. The molecular formula is C8H17N4. The number of nitrogens with one attached hydrogen (secondary N) is 1. The van der Waals surface area contributed by atoms with Gasteiger partial charge >= 0.3 is 0 Å². The third-order valence-corrected chi connectivity index (χ3v) is 1.78. The maximum atomic E-state index is 5.34. The quantitative estimate of drug-likeness (QED) is 0.418. The van der Waals surface area contributed by atoms with Crippen molar-refractivity contribution in [1.82, 2.24) is 10.6 Å². The van der Waals surface area contributed by atoms with Gasteiger partial charge < -0.3 is 11.1 Å². The Balaban J connectivity index is 2.07. The smallest absolute Gasteiger partial charge is 0.0564 e. The molecule has 1 fully saturated rings. The van der Waals surface area contributed by atoms with E-state index >= 15 is 0 Å². The SMILES string of the molecule is NCCCN=CC1C[N]CCN1. The van der Waals surface area contributed by atoms with Crippen LogP contribution in [0.4, 0.5) is 0 Å². The van der Waals surface area contributed by atoms with Gasteiger partial charge in [-0.15, -0.1) is 0 Å². The molecule has 1 aliphatic heterocycles. The van der Waals surface area contributed by atoms with Crippen LogP contribution in [0.25, 0.3) is 0 Å². The summed E-state index contributed by atoms with van der Waals surface area (Å²) in [6.45, 7) is 4.35. The van der Waals surface area contributed by atoms with E-state index in [1.165, 1.54) is 0 Å². The third-order valence-electron chi connectivity index (χ3n) is 1.78. The van der Waals surface area contributed by atoms with Crippen molar-refractivity contribution in [3.63, 3.8) is 0 Å². The number of hydrogen-bond acceptors (Lipinski definition) is 3. The molecule has 1 unspecified atom stereocenters. The zero-order valence-corrected chi connectivity index (χ0v) is 7.37. The summed E-state index contributed by atoms with van der Waals surface area (Å²) in [6.07, 6.45) is 2.93. The van der Waals surface area contributed by atoms with Gasteiger partial charge in [0.2, 0.25) is 0 Å². The first-order chi connectivity index (χ1) is 5.93. The second-order valence-corrected chi connectivity index (χ2v) is 2.89. The third kappa shape index (κ3) is 3.80. The predicted molar refractivity (Wildman–Crippen MR) is 50.7 cm³/mol. The summed E-state index contributed by atoms with van der Waals surface area (Å²) in [5, 5.41) is 7.60. The van der Waals surface area contributed by atoms with Crippen molar-refractivity contribution in [1.29, 1.82) is 0 Å². The first-order valence-corrected chi connectivity index (χ1v) is 4.50. The van der Waals surface area contributed by atoms with Crippen molar-refractivity contribution in [2.24, 2.45) is 10.7 Å². The van der Waals surface area contributed by atoms with Crippen molar-refractivity contribution < 1.29 is 0 Å². The van der Waals surface area contributed by atoms with Crippen LogP contribution in [0.2, 0.25) is 0 Å². The predicted octanol–water partition coefficient (Wildman–Crippen LogP) is -1.02. The molecule has 0 aliphatic carbocycles. The Morgan fingerprint density at radius 1 is 1.67 bits per heavy atom. The minimum atomic E-state index is 0.358. The maximum Gasteiger partial charge on any atom is 0.0564 e. The van der Waals surface area contributed by atoms with Gasteiger partial charge in [-0.2, -0.15) is 0 Å². The highest BCUT2D eigenvalue weighted by Crippen LogP contribution is 1.85. The zero-order chi connectivity index (χ0) is 8.65. The van der Waals surface area contributed by atoms with E-state index < -0.39 is 0 Å². The fourth-order valence-corrected chi connectivity index (χ4v) is 1.11. The summed E-state index contributed by atoms with van der Waals surface area (Å²) in [7, 11) is 0. The van der Waals surface area contributed by atoms with Crippen molar-refractivity contribution in [2.75, 3.05) is 32.7 Å². The molecule has 1 atom stereocenters. The molecule has 1 aliphatic rings. The van der Waals surface area contributed by atoms with E-state index in [1.54, 1.807) is 0 Å². The van der Waals surface area contributed by atoms with Crippen LogP contribution in [-0.2, 0) is 0 Å². The van der Waals surface area contributed by atoms with Gasteiger partial charge in [0.15, 0.2) is 0 Å². The molecule has 1 heterocycles. The fraction of sp³-hybridized carbons (Fsp3) is 0.875. The zero-order valence-electron chi connectivity index (χ0n) is 7.37. The first kappa shape index (κ1) is 9.64. The van der Waals surface area contributed by atoms with Crippen LogP contribution >= 0.6 is 0 Å². The summed E-state index contributed by atoms with van der Waals surface area (Å²) < 4.78 is 0. The van der Waals surface area contributed by atoms with Crippen molar-refractivity contribution in [2.45, 2.75) is 12.5 Å². The standard InChI is InChI=1S/C8H17N4/c9-2-1-3-10-6-8-7-11-4-5-12-8/h6,8,12H,1-5,7,9H2. The van der Waals surface area contributed by atoms with E-state index in [0.717, 1.165) is 39.1 Å². The van der Waals surface area contributed by atoms with Gasteiger partial charge in [-0.3, -0.25) is 4.99 Å². The lowest BCUT2D eigenvalue weighted by Gasteiger charge is -2.19. The molecule has 1 saturated heterocycles. The first-order valence-electron chi connectivity index (χ1n) is 4.50. The largest absolute Gasteiger partial charge is 0.330 e. The van der Waals surface area contributed by atoms with Crippen molar-refractivity contribution in [3.05, 3.63) is 0 Å². The fourth-order valence-electron chi connectivity index (χ4n) is 1.11. The topological polar surface area (TPSA) is 64.5 Å². The summed E-state index contributed by atoms with van der Waals surface area (Å²) in [5.74, 6) is 0. The van der Waals surface area contributed by atoms with Crippen LogP contribution < -0.4 is 16.4 Å². The minimum Gasteiger partial charge on any atom is -0.330 e. The van der Waals surface area contributed by atoms with Gasteiger partial charge in [-0.1, -0.05) is 0 Å². The highest BCUT2D eigenvalue weighted by Gasteiger charge is 2.08. The molecule has 0 aromatic heterocycles. The Morgan fingerprint density at radius 3 is 3.25 bits per heavy atom. The summed E-state index contributed by atoms with van der Waals surface area (Å²) in [5.41, 5.74) is 5.34. The van der Waals surface area contributed by atoms with E-state index in [9.17, 15) is 0 Å². The van der Waals surface area contributed by atoms with Gasteiger partial charge in [0.05, 0.1) is 6.04 Å². The molecule has 4 nitrogen and oxygen atoms in total. The molecule has 1 radical (unpaired) electrons. The Kier molecular flexibility index (Phi) is 4.91. The second-order valence-electron chi connectivity index (χ2n) is 2.89. The lowest BCUT2D eigenvalue weighted by molar-refractivity contribution is 0.484. The Labute approximate surface area is 73.6 Å². The molecule has 69 valence electrons. The van der Waals surface area contributed by atoms with Gasteiger partial charge in [0, 0.05) is 32.4 Å². The van der Waals surface area contributed by atoms with Gasteiger partial charge in [-0.25, -0.2) is 5.32 Å². The molecule has 0 bridgehead atoms. The number of piperazine rings is 1. The van der Waals surface area contributed by atoms with E-state index in [1.807, 2.05) is 6.21 Å². The summed E-state index contributed by atoms with van der Waals surface area (Å²) >= 11 is 0. The van der Waals surface area contributed by atoms with Crippen LogP contribution in [0, 0.1) is 0 Å². The van der Waals surface area contributed by atoms with Crippen LogP contribution in [0.15, 0.2) is 4.99 Å². The van der Waals surface area contributed by atoms with Crippen molar-refractivity contribution in [3.8, 4) is 0 Å². The molecule has 12 heavy (non-hydrogen) atoms. The molecule has 4 heteroatoms. The Hall–Kier alpha value is -0.450. The van der Waals surface area contributed by atoms with E-state index in [0.29, 0.717) is 6.04 Å². The van der Waals surface area contributed by atoms with Crippen LogP contribution in [0.5, 0.6) is 0 Å². The van der Waals surface area contributed by atoms with Gasteiger partial charge in [0.25, 0.3) is 0 Å². The van der Waals surface area contributed by atoms with Gasteiger partial charge in [0.1, 0.15) is 0 Å². The highest BCUT2D eigenvalue weighted by molar-refractivity contribution is 5.64. The number of rotatable bonds is 4. The van der Waals surface area contributed by atoms with Gasteiger partial charge in [-0.05, 0) is 13.0 Å². The van der Waals surface area contributed by atoms with Crippen molar-refractivity contribution >= 4 is 6.21 Å². The second kappa shape index (κ2) is 6.11. The molecule has 0 spiro atoms. The molecule has 3 N–H and O–H groups in total. The highest BCUT2D eigenvalue weighted by atomic mass is 15.1. The number of nitrogens with zero attached hydrogens (tertiary/aromatic N) is 2. The summed E-state index contributed by atoms with van der Waals surface area (Å²) in [4.78, 5) is 4.26. The molecule has 0 aromatic rings. The lowest BCUT2D eigenvalue weighted by atomic mass is 10.2. The van der Waals surface area contributed by atoms with Crippen LogP contribution in [0.3, 0.4) is 0 Å². The maximum absolute atomic E-state index is 5.34. The Bertz CT molecular complexity index is 129. The number of nitrogens with two attached hydrogens (primary N) is 1. The molecule has 1 rings (SSSR count). The molecule has 0 amide bonds. The van der Waals surface area contributed by atoms with Crippen LogP contribution in [-0.4, -0.2) is 45.0 Å². The average molecular weight is 169 g/mol. The monoisotopic (exact) mass is 169 g/mol. The normalized spacial score (nSPS) is 24.9. The molecule has 0 aromatic carbocycles.